The number of benzene rings is 2. The van der Waals surface area contributed by atoms with Crippen molar-refractivity contribution in [1.82, 2.24) is 4.57 Å². The first-order valence-corrected chi connectivity index (χ1v) is 9.49. The Kier molecular flexibility index (Phi) is 5.36. The van der Waals surface area contributed by atoms with Gasteiger partial charge in [-0.05, 0) is 63.2 Å². The molecular formula is C21H20ClNOS. The Morgan fingerprint density at radius 3 is 2.28 bits per heavy atom. The average Bonchev–Trinajstić information content (AvgIpc) is 2.90. The first-order valence-electron chi connectivity index (χ1n) is 8.13. The highest BCUT2D eigenvalue weighted by molar-refractivity contribution is 8.00. The minimum atomic E-state index is 0.145. The number of aryl methyl sites for hydroxylation is 2. The number of halogens is 1. The lowest BCUT2D eigenvalue weighted by molar-refractivity contribution is 0.102. The summed E-state index contributed by atoms with van der Waals surface area (Å²) >= 11 is 7.44. The molecule has 0 radical (unpaired) electrons. The Labute approximate surface area is 157 Å². The number of carbonyl (C=O) groups is 1. The van der Waals surface area contributed by atoms with E-state index in [0.717, 1.165) is 27.5 Å². The van der Waals surface area contributed by atoms with Crippen LogP contribution in [0.2, 0.25) is 5.02 Å². The summed E-state index contributed by atoms with van der Waals surface area (Å²) in [6.45, 7) is 6.12. The molecule has 0 saturated carbocycles. The third-order valence-corrected chi connectivity index (χ3v) is 5.47. The summed E-state index contributed by atoms with van der Waals surface area (Å²) in [6.07, 6.45) is 0. The van der Waals surface area contributed by atoms with E-state index in [-0.39, 0.29) is 5.78 Å². The maximum absolute atomic E-state index is 12.7. The zero-order valence-corrected chi connectivity index (χ0v) is 16.1. The zero-order valence-electron chi connectivity index (χ0n) is 14.5. The molecule has 3 aromatic rings. The van der Waals surface area contributed by atoms with Gasteiger partial charge in [-0.1, -0.05) is 29.3 Å². The second kappa shape index (κ2) is 7.51. The van der Waals surface area contributed by atoms with Crippen molar-refractivity contribution < 1.29 is 4.79 Å². The van der Waals surface area contributed by atoms with Gasteiger partial charge in [0.15, 0.2) is 5.78 Å². The molecule has 0 aliphatic carbocycles. The van der Waals surface area contributed by atoms with Crippen molar-refractivity contribution in [2.45, 2.75) is 25.7 Å². The van der Waals surface area contributed by atoms with E-state index in [2.05, 4.69) is 35.8 Å². The van der Waals surface area contributed by atoms with Gasteiger partial charge >= 0.3 is 0 Å². The lowest BCUT2D eigenvalue weighted by atomic mass is 10.2. The van der Waals surface area contributed by atoms with Gasteiger partial charge in [-0.3, -0.25) is 4.79 Å². The van der Waals surface area contributed by atoms with Gasteiger partial charge in [-0.2, -0.15) is 0 Å². The lowest BCUT2D eigenvalue weighted by Gasteiger charge is -2.10. The van der Waals surface area contributed by atoms with Crippen LogP contribution < -0.4 is 0 Å². The van der Waals surface area contributed by atoms with Crippen LogP contribution in [0, 0.1) is 20.8 Å². The van der Waals surface area contributed by atoms with Crippen LogP contribution >= 0.6 is 23.4 Å². The number of aromatic nitrogens is 1. The second-order valence-corrected chi connectivity index (χ2v) is 7.61. The van der Waals surface area contributed by atoms with Gasteiger partial charge < -0.3 is 4.57 Å². The molecule has 25 heavy (non-hydrogen) atoms. The third kappa shape index (κ3) is 4.00. The van der Waals surface area contributed by atoms with Crippen LogP contribution in [0.25, 0.3) is 5.69 Å². The fraction of sp³-hybridized carbons (Fsp3) is 0.190. The van der Waals surface area contributed by atoms with Gasteiger partial charge in [0.1, 0.15) is 0 Å². The fourth-order valence-corrected chi connectivity index (χ4v) is 3.80. The van der Waals surface area contributed by atoms with Crippen molar-refractivity contribution in [2.75, 3.05) is 5.75 Å². The molecule has 0 bridgehead atoms. The number of Topliss-reactive ketones (excluding diaryl/α,β-unsaturated/α-hetero) is 1. The van der Waals surface area contributed by atoms with Crippen molar-refractivity contribution >= 4 is 29.1 Å². The SMILES string of the molecule is Cc1ccc(-n2c(C)cc(C(=O)CSc3ccc(Cl)cc3)c2C)cc1. The van der Waals surface area contributed by atoms with Crippen molar-refractivity contribution in [1.29, 1.82) is 0 Å². The van der Waals surface area contributed by atoms with Crippen molar-refractivity contribution in [2.24, 2.45) is 0 Å². The van der Waals surface area contributed by atoms with E-state index in [1.54, 1.807) is 0 Å². The molecule has 128 valence electrons. The molecule has 1 heterocycles. The second-order valence-electron chi connectivity index (χ2n) is 6.12. The Morgan fingerprint density at radius 2 is 1.64 bits per heavy atom. The number of nitrogens with zero attached hydrogens (tertiary/aromatic N) is 1. The molecular weight excluding hydrogens is 350 g/mol. The monoisotopic (exact) mass is 369 g/mol. The first kappa shape index (κ1) is 17.8. The summed E-state index contributed by atoms with van der Waals surface area (Å²) in [5, 5.41) is 0.706. The molecule has 0 aliphatic heterocycles. The minimum Gasteiger partial charge on any atom is -0.318 e. The lowest BCUT2D eigenvalue weighted by Crippen LogP contribution is -2.05. The Balaban J connectivity index is 1.80. The summed E-state index contributed by atoms with van der Waals surface area (Å²) in [6, 6.07) is 17.9. The standard InChI is InChI=1S/C21H20ClNOS/c1-14-4-8-18(9-5-14)23-15(2)12-20(16(23)3)21(24)13-25-19-10-6-17(22)7-11-19/h4-12H,13H2,1-3H3. The Hall–Kier alpha value is -1.97. The molecule has 0 saturated heterocycles. The number of thioether (sulfide) groups is 1. The molecule has 3 rings (SSSR count). The van der Waals surface area contributed by atoms with Crippen molar-refractivity contribution in [3.05, 3.63) is 82.1 Å². The number of carbonyl (C=O) groups excluding carboxylic acids is 1. The first-order chi connectivity index (χ1) is 12.0. The molecule has 0 atom stereocenters. The molecule has 0 unspecified atom stereocenters. The average molecular weight is 370 g/mol. The van der Waals surface area contributed by atoms with E-state index in [0.29, 0.717) is 10.8 Å². The predicted octanol–water partition coefficient (Wildman–Crippen LogP) is 6.03. The number of hydrogen-bond donors (Lipinski definition) is 0. The van der Waals surface area contributed by atoms with E-state index < -0.39 is 0 Å². The van der Waals surface area contributed by atoms with Crippen LogP contribution in [0.1, 0.15) is 27.3 Å². The van der Waals surface area contributed by atoms with Gasteiger partial charge in [0, 0.05) is 32.6 Å². The van der Waals surface area contributed by atoms with E-state index in [1.165, 1.54) is 17.3 Å². The molecule has 0 aliphatic rings. The highest BCUT2D eigenvalue weighted by atomic mass is 35.5. The topological polar surface area (TPSA) is 22.0 Å². The van der Waals surface area contributed by atoms with Gasteiger partial charge in [0.25, 0.3) is 0 Å². The summed E-state index contributed by atoms with van der Waals surface area (Å²) < 4.78 is 2.14. The van der Waals surface area contributed by atoms with Gasteiger partial charge in [-0.15, -0.1) is 11.8 Å². The van der Waals surface area contributed by atoms with Crippen LogP contribution in [-0.4, -0.2) is 16.1 Å². The predicted molar refractivity (Wildman–Crippen MR) is 106 cm³/mol. The Bertz CT molecular complexity index is 895. The van der Waals surface area contributed by atoms with Gasteiger partial charge in [0.2, 0.25) is 0 Å². The number of hydrogen-bond acceptors (Lipinski definition) is 2. The van der Waals surface area contributed by atoms with E-state index in [1.807, 2.05) is 44.2 Å². The van der Waals surface area contributed by atoms with Crippen molar-refractivity contribution in [3.8, 4) is 5.69 Å². The van der Waals surface area contributed by atoms with Crippen LogP contribution in [-0.2, 0) is 0 Å². The summed E-state index contributed by atoms with van der Waals surface area (Å²) in [5.74, 6) is 0.561. The van der Waals surface area contributed by atoms with E-state index in [4.69, 9.17) is 11.6 Å². The smallest absolute Gasteiger partial charge is 0.174 e. The molecule has 0 fully saturated rings. The maximum atomic E-state index is 12.7. The van der Waals surface area contributed by atoms with Gasteiger partial charge in [0.05, 0.1) is 5.75 Å². The zero-order chi connectivity index (χ0) is 18.0. The van der Waals surface area contributed by atoms with Crippen LogP contribution in [0.15, 0.2) is 59.5 Å². The molecule has 1 aromatic heterocycles. The minimum absolute atomic E-state index is 0.145. The maximum Gasteiger partial charge on any atom is 0.174 e. The third-order valence-electron chi connectivity index (χ3n) is 4.21. The molecule has 0 N–H and O–H groups in total. The normalized spacial score (nSPS) is 10.9. The van der Waals surface area contributed by atoms with Gasteiger partial charge in [-0.25, -0.2) is 0 Å². The largest absolute Gasteiger partial charge is 0.318 e. The van der Waals surface area contributed by atoms with Crippen LogP contribution in [0.3, 0.4) is 0 Å². The molecule has 0 spiro atoms. The fourth-order valence-electron chi connectivity index (χ4n) is 2.89. The van der Waals surface area contributed by atoms with Crippen LogP contribution in [0.5, 0.6) is 0 Å². The highest BCUT2D eigenvalue weighted by Crippen LogP contribution is 2.25. The summed E-state index contributed by atoms with van der Waals surface area (Å²) in [7, 11) is 0. The molecule has 2 aromatic carbocycles. The molecule has 0 amide bonds. The quantitative estimate of drug-likeness (QED) is 0.404. The van der Waals surface area contributed by atoms with E-state index in [9.17, 15) is 4.79 Å². The Morgan fingerprint density at radius 1 is 1.00 bits per heavy atom. The van der Waals surface area contributed by atoms with Crippen molar-refractivity contribution in [3.63, 3.8) is 0 Å². The molecule has 2 nitrogen and oxygen atoms in total. The number of rotatable bonds is 5. The van der Waals surface area contributed by atoms with Crippen LogP contribution in [0.4, 0.5) is 0 Å². The highest BCUT2D eigenvalue weighted by Gasteiger charge is 2.16. The van der Waals surface area contributed by atoms with E-state index >= 15 is 0 Å². The molecule has 4 heteroatoms. The summed E-state index contributed by atoms with van der Waals surface area (Å²) in [4.78, 5) is 13.7. The summed E-state index contributed by atoms with van der Waals surface area (Å²) in [5.41, 5.74) is 5.16. The number of ketones is 1.